The van der Waals surface area contributed by atoms with Crippen LogP contribution in [0.2, 0.25) is 10.0 Å². The zero-order valence-electron chi connectivity index (χ0n) is 8.87. The predicted molar refractivity (Wildman–Crippen MR) is 65.2 cm³/mol. The van der Waals surface area contributed by atoms with E-state index in [-0.39, 0.29) is 0 Å². The average molecular weight is 257 g/mol. The van der Waals surface area contributed by atoms with Crippen LogP contribution in [-0.2, 0) is 7.05 Å². The van der Waals surface area contributed by atoms with Crippen molar-refractivity contribution in [3.8, 4) is 17.0 Å². The summed E-state index contributed by atoms with van der Waals surface area (Å²) in [4.78, 5) is 0. The Kier molecular flexibility index (Phi) is 3.08. The Balaban J connectivity index is 2.59. The molecule has 0 radical (unpaired) electrons. The number of nitrogens with zero attached hydrogens (tertiary/aromatic N) is 2. The Labute approximate surface area is 104 Å². The van der Waals surface area contributed by atoms with Crippen LogP contribution < -0.4 is 4.74 Å². The van der Waals surface area contributed by atoms with Crippen LogP contribution >= 0.6 is 23.2 Å². The van der Waals surface area contributed by atoms with E-state index in [1.807, 2.05) is 13.1 Å². The van der Waals surface area contributed by atoms with Crippen molar-refractivity contribution in [2.45, 2.75) is 0 Å². The van der Waals surface area contributed by atoms with Crippen molar-refractivity contribution >= 4 is 23.2 Å². The maximum Gasteiger partial charge on any atom is 0.138 e. The van der Waals surface area contributed by atoms with Gasteiger partial charge in [0.25, 0.3) is 0 Å². The highest BCUT2D eigenvalue weighted by Crippen LogP contribution is 2.36. The van der Waals surface area contributed by atoms with Gasteiger partial charge < -0.3 is 4.74 Å². The van der Waals surface area contributed by atoms with Crippen molar-refractivity contribution in [1.29, 1.82) is 0 Å². The van der Waals surface area contributed by atoms with E-state index in [4.69, 9.17) is 27.9 Å². The maximum atomic E-state index is 6.16. The van der Waals surface area contributed by atoms with Crippen molar-refractivity contribution in [2.24, 2.45) is 7.05 Å². The summed E-state index contributed by atoms with van der Waals surface area (Å²) in [7, 11) is 3.41. The third-order valence-corrected chi connectivity index (χ3v) is 2.95. The molecule has 0 spiro atoms. The average Bonchev–Trinajstić information content (AvgIpc) is 2.67. The lowest BCUT2D eigenvalue weighted by atomic mass is 10.1. The number of rotatable bonds is 2. The van der Waals surface area contributed by atoms with Gasteiger partial charge in [-0.15, -0.1) is 0 Å². The summed E-state index contributed by atoms with van der Waals surface area (Å²) in [6, 6.07) is 5.36. The number of aryl methyl sites for hydroxylation is 1. The van der Waals surface area contributed by atoms with Crippen molar-refractivity contribution in [3.63, 3.8) is 0 Å². The summed E-state index contributed by atoms with van der Waals surface area (Å²) in [6.07, 6.45) is 1.71. The second-order valence-corrected chi connectivity index (χ2v) is 4.12. The number of benzene rings is 1. The molecule has 0 unspecified atom stereocenters. The summed E-state index contributed by atoms with van der Waals surface area (Å²) in [6.45, 7) is 0. The van der Waals surface area contributed by atoms with Gasteiger partial charge in [-0.2, -0.15) is 5.10 Å². The molecule has 0 amide bonds. The van der Waals surface area contributed by atoms with E-state index >= 15 is 0 Å². The molecule has 3 nitrogen and oxygen atoms in total. The first-order chi connectivity index (χ1) is 7.63. The lowest BCUT2D eigenvalue weighted by Crippen LogP contribution is -1.94. The van der Waals surface area contributed by atoms with Crippen LogP contribution in [0.5, 0.6) is 5.75 Å². The van der Waals surface area contributed by atoms with Crippen molar-refractivity contribution in [1.82, 2.24) is 9.78 Å². The van der Waals surface area contributed by atoms with Gasteiger partial charge in [0.15, 0.2) is 0 Å². The van der Waals surface area contributed by atoms with Gasteiger partial charge in [0.1, 0.15) is 5.75 Å². The first-order valence-corrected chi connectivity index (χ1v) is 5.40. The first kappa shape index (κ1) is 11.3. The monoisotopic (exact) mass is 256 g/mol. The van der Waals surface area contributed by atoms with Gasteiger partial charge in [0.2, 0.25) is 0 Å². The third-order valence-electron chi connectivity index (χ3n) is 2.34. The van der Waals surface area contributed by atoms with Gasteiger partial charge in [0.05, 0.1) is 22.8 Å². The summed E-state index contributed by atoms with van der Waals surface area (Å²) < 4.78 is 6.83. The van der Waals surface area contributed by atoms with Crippen molar-refractivity contribution in [3.05, 3.63) is 34.4 Å². The van der Waals surface area contributed by atoms with E-state index in [0.29, 0.717) is 15.8 Å². The second kappa shape index (κ2) is 4.36. The van der Waals surface area contributed by atoms with E-state index in [2.05, 4.69) is 5.10 Å². The number of methoxy groups -OCH3 is 1. The summed E-state index contributed by atoms with van der Waals surface area (Å²) >= 11 is 12.2. The Morgan fingerprint density at radius 2 is 2.00 bits per heavy atom. The molecule has 0 saturated heterocycles. The van der Waals surface area contributed by atoms with E-state index in [9.17, 15) is 0 Å². The summed E-state index contributed by atoms with van der Waals surface area (Å²) in [5.41, 5.74) is 1.75. The minimum atomic E-state index is 0.531. The molecule has 0 bridgehead atoms. The second-order valence-electron chi connectivity index (χ2n) is 3.31. The normalized spacial score (nSPS) is 10.5. The Morgan fingerprint density at radius 1 is 1.25 bits per heavy atom. The van der Waals surface area contributed by atoms with Crippen molar-refractivity contribution < 1.29 is 4.74 Å². The lowest BCUT2D eigenvalue weighted by Gasteiger charge is -2.09. The molecule has 0 saturated carbocycles. The fourth-order valence-corrected chi connectivity index (χ4v) is 2.01. The Morgan fingerprint density at radius 3 is 2.56 bits per heavy atom. The standard InChI is InChI=1S/C11H10Cl2N2O/c1-15-10(3-4-14-15)7-5-9(13)11(16-2)6-8(7)12/h3-6H,1-2H3. The third kappa shape index (κ3) is 1.88. The highest BCUT2D eigenvalue weighted by molar-refractivity contribution is 6.36. The molecule has 5 heteroatoms. The smallest absolute Gasteiger partial charge is 0.138 e. The van der Waals surface area contributed by atoms with Gasteiger partial charge in [-0.3, -0.25) is 4.68 Å². The first-order valence-electron chi connectivity index (χ1n) is 4.65. The molecule has 1 heterocycles. The van der Waals surface area contributed by atoms with Crippen LogP contribution in [0, 0.1) is 0 Å². The molecule has 2 rings (SSSR count). The molecule has 2 aromatic rings. The summed E-state index contributed by atoms with van der Waals surface area (Å²) in [5.74, 6) is 0.567. The van der Waals surface area contributed by atoms with Gasteiger partial charge in [-0.05, 0) is 12.1 Å². The predicted octanol–water partition coefficient (Wildman–Crippen LogP) is 3.40. The zero-order chi connectivity index (χ0) is 11.7. The molecule has 16 heavy (non-hydrogen) atoms. The minimum Gasteiger partial charge on any atom is -0.495 e. The molecule has 0 N–H and O–H groups in total. The molecule has 0 fully saturated rings. The summed E-state index contributed by atoms with van der Waals surface area (Å²) in [5, 5.41) is 5.21. The molecule has 0 atom stereocenters. The SMILES string of the molecule is COc1cc(Cl)c(-c2ccnn2C)cc1Cl. The molecule has 0 aliphatic heterocycles. The van der Waals surface area contributed by atoms with E-state index in [1.54, 1.807) is 30.1 Å². The van der Waals surface area contributed by atoms with Crippen LogP contribution in [0.25, 0.3) is 11.3 Å². The quantitative estimate of drug-likeness (QED) is 0.824. The van der Waals surface area contributed by atoms with Gasteiger partial charge >= 0.3 is 0 Å². The highest BCUT2D eigenvalue weighted by atomic mass is 35.5. The minimum absolute atomic E-state index is 0.531. The van der Waals surface area contributed by atoms with Gasteiger partial charge in [0, 0.05) is 24.9 Å². The molecule has 0 aliphatic rings. The molecule has 1 aromatic carbocycles. The largest absolute Gasteiger partial charge is 0.495 e. The van der Waals surface area contributed by atoms with Gasteiger partial charge in [-0.1, -0.05) is 23.2 Å². The molecular formula is C11H10Cl2N2O. The fraction of sp³-hybridized carbons (Fsp3) is 0.182. The maximum absolute atomic E-state index is 6.16. The highest BCUT2D eigenvalue weighted by Gasteiger charge is 2.11. The van der Waals surface area contributed by atoms with Crippen LogP contribution in [0.15, 0.2) is 24.4 Å². The topological polar surface area (TPSA) is 27.1 Å². The van der Waals surface area contributed by atoms with Crippen molar-refractivity contribution in [2.75, 3.05) is 7.11 Å². The molecule has 84 valence electrons. The molecular weight excluding hydrogens is 247 g/mol. The van der Waals surface area contributed by atoms with E-state index in [1.165, 1.54) is 0 Å². The zero-order valence-corrected chi connectivity index (χ0v) is 10.4. The Bertz CT molecular complexity index is 523. The fourth-order valence-electron chi connectivity index (χ4n) is 1.52. The number of hydrogen-bond donors (Lipinski definition) is 0. The number of aromatic nitrogens is 2. The number of ether oxygens (including phenoxy) is 1. The number of halogens is 2. The number of hydrogen-bond acceptors (Lipinski definition) is 2. The van der Waals surface area contributed by atoms with Gasteiger partial charge in [-0.25, -0.2) is 0 Å². The van der Waals surface area contributed by atoms with E-state index in [0.717, 1.165) is 11.3 Å². The lowest BCUT2D eigenvalue weighted by molar-refractivity contribution is 0.415. The molecule has 0 aliphatic carbocycles. The van der Waals surface area contributed by atoms with Crippen LogP contribution in [0.4, 0.5) is 0 Å². The van der Waals surface area contributed by atoms with E-state index < -0.39 is 0 Å². The molecule has 1 aromatic heterocycles. The van der Waals surface area contributed by atoms with Crippen LogP contribution in [0.1, 0.15) is 0 Å². The Hall–Kier alpha value is -1.19. The van der Waals surface area contributed by atoms with Crippen LogP contribution in [0.3, 0.4) is 0 Å². The van der Waals surface area contributed by atoms with Crippen LogP contribution in [-0.4, -0.2) is 16.9 Å².